The topological polar surface area (TPSA) is 34.1 Å². The molecule has 2 heterocycles. The Bertz CT molecular complexity index is 582. The van der Waals surface area contributed by atoms with E-state index in [1.807, 2.05) is 5.38 Å². The number of ether oxygens (including phenoxy) is 1. The van der Waals surface area contributed by atoms with Gasteiger partial charge in [0, 0.05) is 10.9 Å². The fourth-order valence-corrected chi connectivity index (χ4v) is 3.27. The molecule has 0 spiro atoms. The van der Waals surface area contributed by atoms with Crippen molar-refractivity contribution in [3.8, 4) is 17.0 Å². The van der Waals surface area contributed by atoms with Gasteiger partial charge in [0.1, 0.15) is 10.8 Å². The molecule has 0 radical (unpaired) electrons. The molecule has 1 atom stereocenters. The van der Waals surface area contributed by atoms with E-state index in [1.165, 1.54) is 6.07 Å². The third-order valence-electron chi connectivity index (χ3n) is 3.26. The first-order valence-electron chi connectivity index (χ1n) is 6.47. The maximum absolute atomic E-state index is 12.4. The number of nitrogens with zero attached hydrogens (tertiary/aromatic N) is 1. The van der Waals surface area contributed by atoms with Gasteiger partial charge in [0.15, 0.2) is 0 Å². The molecule has 1 aromatic heterocycles. The highest BCUT2D eigenvalue weighted by Gasteiger charge is 2.20. The Labute approximate surface area is 119 Å². The Morgan fingerprint density at radius 2 is 2.20 bits per heavy atom. The first-order chi connectivity index (χ1) is 9.74. The van der Waals surface area contributed by atoms with Crippen LogP contribution in [0.1, 0.15) is 23.9 Å². The average Bonchev–Trinajstić information content (AvgIpc) is 3.10. The molecular weight excluding hydrogens is 282 g/mol. The number of para-hydroxylation sites is 1. The smallest absolute Gasteiger partial charge is 0.387 e. The van der Waals surface area contributed by atoms with Gasteiger partial charge < -0.3 is 10.1 Å². The largest absolute Gasteiger partial charge is 0.434 e. The summed E-state index contributed by atoms with van der Waals surface area (Å²) in [5.74, 6) is 0.165. The van der Waals surface area contributed by atoms with Crippen molar-refractivity contribution in [1.82, 2.24) is 10.3 Å². The van der Waals surface area contributed by atoms with Crippen LogP contribution in [0.2, 0.25) is 0 Å². The molecule has 20 heavy (non-hydrogen) atoms. The second kappa shape index (κ2) is 5.85. The molecule has 3 rings (SSSR count). The van der Waals surface area contributed by atoms with Crippen molar-refractivity contribution in [3.05, 3.63) is 34.7 Å². The van der Waals surface area contributed by atoms with Crippen LogP contribution in [0.15, 0.2) is 29.6 Å². The lowest BCUT2D eigenvalue weighted by Gasteiger charge is -2.09. The molecule has 1 N–H and O–H groups in total. The number of benzene rings is 1. The molecular formula is C14H14F2N2OS. The zero-order valence-electron chi connectivity index (χ0n) is 10.7. The van der Waals surface area contributed by atoms with Crippen LogP contribution >= 0.6 is 11.3 Å². The van der Waals surface area contributed by atoms with Crippen molar-refractivity contribution in [1.29, 1.82) is 0 Å². The van der Waals surface area contributed by atoms with Crippen molar-refractivity contribution < 1.29 is 13.5 Å². The quantitative estimate of drug-likeness (QED) is 0.931. The molecule has 0 bridgehead atoms. The summed E-state index contributed by atoms with van der Waals surface area (Å²) in [5.41, 5.74) is 1.29. The summed E-state index contributed by atoms with van der Waals surface area (Å²) in [6, 6.07) is 7.04. The molecule has 1 aliphatic rings. The molecule has 1 aromatic carbocycles. The fraction of sp³-hybridized carbons (Fsp3) is 0.357. The number of hydrogen-bond acceptors (Lipinski definition) is 4. The number of aromatic nitrogens is 1. The number of nitrogens with one attached hydrogen (secondary N) is 1. The number of rotatable bonds is 4. The summed E-state index contributed by atoms with van der Waals surface area (Å²) in [6.45, 7) is -1.82. The lowest BCUT2D eigenvalue weighted by atomic mass is 10.1. The van der Waals surface area contributed by atoms with Crippen LogP contribution in [0, 0.1) is 0 Å². The Balaban J connectivity index is 1.89. The summed E-state index contributed by atoms with van der Waals surface area (Å²) in [4.78, 5) is 4.56. The second-order valence-corrected chi connectivity index (χ2v) is 5.48. The van der Waals surface area contributed by atoms with Gasteiger partial charge in [0.25, 0.3) is 0 Å². The number of hydrogen-bond donors (Lipinski definition) is 1. The van der Waals surface area contributed by atoms with Crippen LogP contribution in [-0.2, 0) is 0 Å². The van der Waals surface area contributed by atoms with E-state index < -0.39 is 6.61 Å². The van der Waals surface area contributed by atoms with Crippen LogP contribution in [0.5, 0.6) is 5.75 Å². The van der Waals surface area contributed by atoms with Crippen molar-refractivity contribution >= 4 is 11.3 Å². The highest BCUT2D eigenvalue weighted by atomic mass is 32.1. The van der Waals surface area contributed by atoms with E-state index in [4.69, 9.17) is 0 Å². The molecule has 0 aliphatic carbocycles. The molecule has 1 fully saturated rings. The molecule has 3 nitrogen and oxygen atoms in total. The lowest BCUT2D eigenvalue weighted by Crippen LogP contribution is -2.12. The van der Waals surface area contributed by atoms with Crippen molar-refractivity contribution in [3.63, 3.8) is 0 Å². The highest BCUT2D eigenvalue weighted by molar-refractivity contribution is 7.10. The number of halogens is 2. The van der Waals surface area contributed by atoms with E-state index in [0.29, 0.717) is 11.3 Å². The SMILES string of the molecule is FC(F)Oc1ccccc1-c1csc(C2CCCN2)n1. The van der Waals surface area contributed by atoms with Crippen LogP contribution in [0.3, 0.4) is 0 Å². The van der Waals surface area contributed by atoms with Crippen molar-refractivity contribution in [2.45, 2.75) is 25.5 Å². The van der Waals surface area contributed by atoms with Gasteiger partial charge in [-0.05, 0) is 31.5 Å². The van der Waals surface area contributed by atoms with Gasteiger partial charge in [-0.25, -0.2) is 4.98 Å². The average molecular weight is 296 g/mol. The zero-order valence-corrected chi connectivity index (χ0v) is 11.5. The summed E-state index contributed by atoms with van der Waals surface area (Å²) in [5, 5.41) is 6.28. The van der Waals surface area contributed by atoms with E-state index in [9.17, 15) is 8.78 Å². The van der Waals surface area contributed by atoms with Crippen molar-refractivity contribution in [2.75, 3.05) is 6.54 Å². The lowest BCUT2D eigenvalue weighted by molar-refractivity contribution is -0.0494. The van der Waals surface area contributed by atoms with Gasteiger partial charge in [-0.2, -0.15) is 8.78 Å². The monoisotopic (exact) mass is 296 g/mol. The third-order valence-corrected chi connectivity index (χ3v) is 4.22. The Morgan fingerprint density at radius 3 is 2.95 bits per heavy atom. The van der Waals surface area contributed by atoms with Crippen molar-refractivity contribution in [2.24, 2.45) is 0 Å². The van der Waals surface area contributed by atoms with E-state index in [-0.39, 0.29) is 11.8 Å². The van der Waals surface area contributed by atoms with E-state index >= 15 is 0 Å². The van der Waals surface area contributed by atoms with E-state index in [1.54, 1.807) is 29.5 Å². The summed E-state index contributed by atoms with van der Waals surface area (Å²) < 4.78 is 29.4. The van der Waals surface area contributed by atoms with Crippen LogP contribution < -0.4 is 10.1 Å². The first-order valence-corrected chi connectivity index (χ1v) is 7.35. The molecule has 106 valence electrons. The zero-order chi connectivity index (χ0) is 13.9. The third kappa shape index (κ3) is 2.81. The molecule has 1 saturated heterocycles. The Hall–Kier alpha value is -1.53. The van der Waals surface area contributed by atoms with Gasteiger partial charge in [0.2, 0.25) is 0 Å². The van der Waals surface area contributed by atoms with Gasteiger partial charge in [-0.3, -0.25) is 0 Å². The standard InChI is InChI=1S/C14H14F2N2OS/c15-14(16)19-12-6-2-1-4-9(12)11-8-20-13(18-11)10-5-3-7-17-10/h1-2,4,6,8,10,14,17H,3,5,7H2. The molecule has 1 aliphatic heterocycles. The summed E-state index contributed by atoms with van der Waals surface area (Å²) in [6.07, 6.45) is 2.22. The maximum atomic E-state index is 12.4. The molecule has 1 unspecified atom stereocenters. The summed E-state index contributed by atoms with van der Waals surface area (Å²) in [7, 11) is 0. The minimum atomic E-state index is -2.83. The van der Waals surface area contributed by atoms with Crippen LogP contribution in [0.25, 0.3) is 11.3 Å². The second-order valence-electron chi connectivity index (χ2n) is 4.59. The Kier molecular flexibility index (Phi) is 3.93. The van der Waals surface area contributed by atoms with Crippen LogP contribution in [-0.4, -0.2) is 18.1 Å². The van der Waals surface area contributed by atoms with Gasteiger partial charge >= 0.3 is 6.61 Å². The minimum absolute atomic E-state index is 0.165. The van der Waals surface area contributed by atoms with Gasteiger partial charge in [-0.1, -0.05) is 12.1 Å². The van der Waals surface area contributed by atoms with E-state index in [0.717, 1.165) is 24.4 Å². The predicted octanol–water partition coefficient (Wildman–Crippen LogP) is 3.84. The van der Waals surface area contributed by atoms with Gasteiger partial charge in [-0.15, -0.1) is 11.3 Å². The highest BCUT2D eigenvalue weighted by Crippen LogP contribution is 2.34. The summed E-state index contributed by atoms with van der Waals surface area (Å²) >= 11 is 1.55. The molecule has 2 aromatic rings. The first kappa shape index (κ1) is 13.5. The molecule has 0 saturated carbocycles. The minimum Gasteiger partial charge on any atom is -0.434 e. The fourth-order valence-electron chi connectivity index (χ4n) is 2.34. The number of thiazole rings is 1. The van der Waals surface area contributed by atoms with E-state index in [2.05, 4.69) is 15.0 Å². The Morgan fingerprint density at radius 1 is 1.35 bits per heavy atom. The van der Waals surface area contributed by atoms with Crippen LogP contribution in [0.4, 0.5) is 8.78 Å². The molecule has 0 amide bonds. The maximum Gasteiger partial charge on any atom is 0.387 e. The normalized spacial score (nSPS) is 18.6. The van der Waals surface area contributed by atoms with Gasteiger partial charge in [0.05, 0.1) is 11.7 Å². The molecule has 6 heteroatoms. The predicted molar refractivity (Wildman–Crippen MR) is 74.2 cm³/mol. The number of alkyl halides is 2.